The Kier molecular flexibility index (Phi) is 4.46. The molecule has 8 heteroatoms. The Balaban J connectivity index is 1.23. The summed E-state index contributed by atoms with van der Waals surface area (Å²) in [4.78, 5) is 27.0. The molecule has 4 aromatic rings. The van der Waals surface area contributed by atoms with Gasteiger partial charge in [0.1, 0.15) is 5.82 Å². The first-order valence-electron chi connectivity index (χ1n) is 10.9. The van der Waals surface area contributed by atoms with E-state index in [0.717, 1.165) is 46.8 Å². The maximum atomic E-state index is 4.69. The summed E-state index contributed by atoms with van der Waals surface area (Å²) in [6.07, 6.45) is 11.9. The van der Waals surface area contributed by atoms with Crippen molar-refractivity contribution in [2.24, 2.45) is 5.41 Å². The number of rotatable bonds is 4. The first-order chi connectivity index (χ1) is 15.7. The van der Waals surface area contributed by atoms with Crippen molar-refractivity contribution in [1.29, 1.82) is 0 Å². The van der Waals surface area contributed by atoms with Gasteiger partial charge >= 0.3 is 0 Å². The van der Waals surface area contributed by atoms with Gasteiger partial charge < -0.3 is 15.1 Å². The van der Waals surface area contributed by atoms with Crippen LogP contribution < -0.4 is 10.2 Å². The highest BCUT2D eigenvalue weighted by Gasteiger charge is 2.46. The maximum Gasteiger partial charge on any atom is 0.225 e. The van der Waals surface area contributed by atoms with Crippen molar-refractivity contribution in [2.45, 2.75) is 6.42 Å². The fraction of sp³-hybridized carbons (Fsp3) is 0.292. The first-order valence-corrected chi connectivity index (χ1v) is 10.9. The van der Waals surface area contributed by atoms with Gasteiger partial charge in [-0.1, -0.05) is 12.1 Å². The molecule has 0 amide bonds. The zero-order valence-corrected chi connectivity index (χ0v) is 17.9. The summed E-state index contributed by atoms with van der Waals surface area (Å²) >= 11 is 0. The molecular weight excluding hydrogens is 400 g/mol. The van der Waals surface area contributed by atoms with Crippen LogP contribution in [0.3, 0.4) is 0 Å². The number of benzene rings is 1. The van der Waals surface area contributed by atoms with Crippen molar-refractivity contribution in [3.05, 3.63) is 61.4 Å². The minimum absolute atomic E-state index is 0.442. The van der Waals surface area contributed by atoms with Gasteiger partial charge in [-0.25, -0.2) is 15.0 Å². The number of pyridine rings is 1. The molecule has 0 unspecified atom stereocenters. The largest absolute Gasteiger partial charge is 0.340 e. The maximum absolute atomic E-state index is 4.69. The van der Waals surface area contributed by atoms with Crippen LogP contribution in [0, 0.1) is 5.41 Å². The molecule has 3 aromatic heterocycles. The van der Waals surface area contributed by atoms with Gasteiger partial charge in [-0.05, 0) is 31.2 Å². The van der Waals surface area contributed by atoms with Gasteiger partial charge in [0, 0.05) is 73.5 Å². The first kappa shape index (κ1) is 19.1. The highest BCUT2D eigenvalue weighted by molar-refractivity contribution is 5.94. The average Bonchev–Trinajstić information content (AvgIpc) is 3.25. The topological polar surface area (TPSA) is 83.0 Å². The molecule has 1 N–H and O–H groups in total. The highest BCUT2D eigenvalue weighted by Crippen LogP contribution is 2.39. The number of anilines is 3. The molecular formula is C24H24N8. The number of nitrogens with one attached hydrogen (secondary N) is 1. The summed E-state index contributed by atoms with van der Waals surface area (Å²) in [6.45, 7) is 4.45. The molecule has 0 bridgehead atoms. The van der Waals surface area contributed by atoms with Crippen LogP contribution in [0.5, 0.6) is 0 Å². The lowest BCUT2D eigenvalue weighted by Crippen LogP contribution is -2.55. The van der Waals surface area contributed by atoms with Gasteiger partial charge in [0.15, 0.2) is 0 Å². The second kappa shape index (κ2) is 7.49. The SMILES string of the molecule is CN1CC2(CCN(c3ncc(-c4ccc5c(Nc6cnccn6)ccnc5c4)cn3)C2)C1. The predicted molar refractivity (Wildman–Crippen MR) is 125 cm³/mol. The van der Waals surface area contributed by atoms with Gasteiger partial charge in [-0.3, -0.25) is 9.97 Å². The van der Waals surface area contributed by atoms with Crippen LogP contribution in [0.4, 0.5) is 17.5 Å². The molecule has 2 aliphatic heterocycles. The summed E-state index contributed by atoms with van der Waals surface area (Å²) in [7, 11) is 2.19. The van der Waals surface area contributed by atoms with Gasteiger partial charge in [0.25, 0.3) is 0 Å². The average molecular weight is 425 g/mol. The van der Waals surface area contributed by atoms with Crippen LogP contribution in [-0.4, -0.2) is 63.0 Å². The van der Waals surface area contributed by atoms with Gasteiger partial charge in [0.05, 0.1) is 17.4 Å². The Morgan fingerprint density at radius 2 is 1.75 bits per heavy atom. The van der Waals surface area contributed by atoms with E-state index in [0.29, 0.717) is 11.2 Å². The van der Waals surface area contributed by atoms with E-state index in [-0.39, 0.29) is 0 Å². The molecule has 0 saturated carbocycles. The molecule has 2 saturated heterocycles. The fourth-order valence-electron chi connectivity index (χ4n) is 5.03. The smallest absolute Gasteiger partial charge is 0.225 e. The van der Waals surface area contributed by atoms with Crippen molar-refractivity contribution in [2.75, 3.05) is 43.4 Å². The van der Waals surface area contributed by atoms with Gasteiger partial charge in [-0.15, -0.1) is 0 Å². The third kappa shape index (κ3) is 3.42. The Labute approximate surface area is 186 Å². The molecule has 5 heterocycles. The number of nitrogens with zero attached hydrogens (tertiary/aromatic N) is 7. The molecule has 0 atom stereocenters. The molecule has 0 radical (unpaired) electrons. The van der Waals surface area contributed by atoms with Crippen molar-refractivity contribution in [1.82, 2.24) is 29.8 Å². The lowest BCUT2D eigenvalue weighted by Gasteiger charge is -2.46. The van der Waals surface area contributed by atoms with E-state index in [2.05, 4.69) is 65.3 Å². The Hall–Kier alpha value is -3.65. The molecule has 1 aromatic carbocycles. The predicted octanol–water partition coefficient (Wildman–Crippen LogP) is 3.37. The number of hydrogen-bond acceptors (Lipinski definition) is 8. The zero-order valence-electron chi connectivity index (χ0n) is 17.9. The van der Waals surface area contributed by atoms with E-state index >= 15 is 0 Å². The van der Waals surface area contributed by atoms with Crippen LogP contribution in [-0.2, 0) is 0 Å². The molecule has 6 rings (SSSR count). The molecule has 2 fully saturated rings. The Morgan fingerprint density at radius 1 is 0.875 bits per heavy atom. The van der Waals surface area contributed by atoms with E-state index in [1.165, 1.54) is 19.5 Å². The summed E-state index contributed by atoms with van der Waals surface area (Å²) < 4.78 is 0. The second-order valence-electron chi connectivity index (χ2n) is 8.92. The molecule has 8 nitrogen and oxygen atoms in total. The molecule has 0 aliphatic carbocycles. The minimum atomic E-state index is 0.442. The fourth-order valence-corrected chi connectivity index (χ4v) is 5.03. The summed E-state index contributed by atoms with van der Waals surface area (Å²) in [6, 6.07) is 8.17. The number of aromatic nitrogens is 5. The summed E-state index contributed by atoms with van der Waals surface area (Å²) in [5.74, 6) is 1.53. The van der Waals surface area contributed by atoms with Crippen LogP contribution in [0.15, 0.2) is 61.4 Å². The number of likely N-dealkylation sites (tertiary alicyclic amines) is 1. The van der Waals surface area contributed by atoms with E-state index in [1.807, 2.05) is 18.5 Å². The van der Waals surface area contributed by atoms with Gasteiger partial charge in [-0.2, -0.15) is 0 Å². The van der Waals surface area contributed by atoms with Crippen molar-refractivity contribution < 1.29 is 0 Å². The lowest BCUT2D eigenvalue weighted by atomic mass is 9.79. The molecule has 160 valence electrons. The van der Waals surface area contributed by atoms with Crippen LogP contribution in [0.1, 0.15) is 6.42 Å². The number of fused-ring (bicyclic) bond motifs is 1. The molecule has 32 heavy (non-hydrogen) atoms. The van der Waals surface area contributed by atoms with Crippen LogP contribution in [0.2, 0.25) is 0 Å². The quantitative estimate of drug-likeness (QED) is 0.534. The highest BCUT2D eigenvalue weighted by atomic mass is 15.3. The Bertz CT molecular complexity index is 1250. The van der Waals surface area contributed by atoms with Crippen molar-refractivity contribution in [3.63, 3.8) is 0 Å². The Morgan fingerprint density at radius 3 is 2.53 bits per heavy atom. The lowest BCUT2D eigenvalue weighted by molar-refractivity contribution is 0.0424. The normalized spacial score (nSPS) is 17.6. The van der Waals surface area contributed by atoms with Crippen molar-refractivity contribution >= 4 is 28.4 Å². The number of hydrogen-bond donors (Lipinski definition) is 1. The third-order valence-electron chi connectivity index (χ3n) is 6.47. The van der Waals surface area contributed by atoms with E-state index < -0.39 is 0 Å². The summed E-state index contributed by atoms with van der Waals surface area (Å²) in [5.41, 5.74) is 4.32. The van der Waals surface area contributed by atoms with Crippen LogP contribution >= 0.6 is 0 Å². The van der Waals surface area contributed by atoms with E-state index in [4.69, 9.17) is 0 Å². The van der Waals surface area contributed by atoms with Crippen molar-refractivity contribution in [3.8, 4) is 11.1 Å². The van der Waals surface area contributed by atoms with Crippen LogP contribution in [0.25, 0.3) is 22.0 Å². The molecule has 1 spiro atoms. The molecule has 2 aliphatic rings. The monoisotopic (exact) mass is 424 g/mol. The summed E-state index contributed by atoms with van der Waals surface area (Å²) in [5, 5.41) is 4.34. The van der Waals surface area contributed by atoms with E-state index in [1.54, 1.807) is 24.8 Å². The van der Waals surface area contributed by atoms with Gasteiger partial charge in [0.2, 0.25) is 5.95 Å². The standard InChI is InChI=1S/C24H24N8/c1-31-14-24(15-31)5-9-32(16-24)23-28-11-18(12-29-23)17-2-3-19-20(4-6-26-21(19)10-17)30-22-13-25-7-8-27-22/h2-4,6-8,10-13H,5,9,14-16H2,1H3,(H,26,27,30). The minimum Gasteiger partial charge on any atom is -0.340 e. The third-order valence-corrected chi connectivity index (χ3v) is 6.47. The second-order valence-corrected chi connectivity index (χ2v) is 8.92. The van der Waals surface area contributed by atoms with E-state index in [9.17, 15) is 0 Å². The zero-order chi connectivity index (χ0) is 21.5.